The Bertz CT molecular complexity index is 756. The first kappa shape index (κ1) is 20.3. The summed E-state index contributed by atoms with van der Waals surface area (Å²) < 4.78 is 5.46. The summed E-state index contributed by atoms with van der Waals surface area (Å²) in [6.45, 7) is 7.98. The molecule has 1 aliphatic rings. The number of benzene rings is 1. The van der Waals surface area contributed by atoms with Crippen molar-refractivity contribution in [2.75, 3.05) is 31.1 Å². The number of hydrogen-bond acceptors (Lipinski definition) is 5. The van der Waals surface area contributed by atoms with E-state index in [-0.39, 0.29) is 5.75 Å². The molecule has 0 bridgehead atoms. The third-order valence-electron chi connectivity index (χ3n) is 4.74. The number of ether oxygens (including phenoxy) is 1. The fourth-order valence-electron chi connectivity index (χ4n) is 3.31. The van der Waals surface area contributed by atoms with E-state index in [0.717, 1.165) is 44.0 Å². The van der Waals surface area contributed by atoms with E-state index in [4.69, 9.17) is 9.73 Å². The van der Waals surface area contributed by atoms with Crippen LogP contribution in [0.25, 0.3) is 0 Å². The van der Waals surface area contributed by atoms with Gasteiger partial charge in [0.1, 0.15) is 0 Å². The highest BCUT2D eigenvalue weighted by atomic mass is 32.1. The van der Waals surface area contributed by atoms with Crippen molar-refractivity contribution in [3.63, 3.8) is 0 Å². The molecule has 0 spiro atoms. The number of hydrogen-bond donors (Lipinski definition) is 3. The van der Waals surface area contributed by atoms with Gasteiger partial charge in [0.15, 0.2) is 17.5 Å². The number of aliphatic imine (C=N–C) groups is 1. The third-order valence-corrected chi connectivity index (χ3v) is 5.67. The number of aromatic hydroxyl groups is 1. The smallest absolute Gasteiger partial charge is 0.191 e. The van der Waals surface area contributed by atoms with Gasteiger partial charge in [0.05, 0.1) is 18.2 Å². The van der Waals surface area contributed by atoms with Gasteiger partial charge in [-0.2, -0.15) is 0 Å². The standard InChI is InChI=1S/C21H30N4O2S/c1-3-22-21(23-15-16-7-8-18(26)19(14-16)27-4-2)24-17-9-11-25(12-10-17)20-6-5-13-28-20/h5-8,13-14,17,26H,3-4,9-12,15H2,1-2H3,(H2,22,23,24). The van der Waals surface area contributed by atoms with Crippen molar-refractivity contribution in [2.24, 2.45) is 4.99 Å². The predicted octanol–water partition coefficient (Wildman–Crippen LogP) is 3.58. The molecule has 3 rings (SSSR count). The number of thiophene rings is 1. The van der Waals surface area contributed by atoms with Gasteiger partial charge in [-0.05, 0) is 61.9 Å². The summed E-state index contributed by atoms with van der Waals surface area (Å²) in [4.78, 5) is 7.18. The van der Waals surface area contributed by atoms with Crippen LogP contribution in [-0.2, 0) is 6.54 Å². The lowest BCUT2D eigenvalue weighted by Gasteiger charge is -2.33. The summed E-state index contributed by atoms with van der Waals surface area (Å²) in [5.41, 5.74) is 1.01. The molecular formula is C21H30N4O2S. The molecule has 152 valence electrons. The van der Waals surface area contributed by atoms with E-state index in [9.17, 15) is 5.11 Å². The number of guanidine groups is 1. The highest BCUT2D eigenvalue weighted by Crippen LogP contribution is 2.27. The van der Waals surface area contributed by atoms with Crippen molar-refractivity contribution in [1.29, 1.82) is 0 Å². The van der Waals surface area contributed by atoms with E-state index in [2.05, 4.69) is 40.0 Å². The summed E-state index contributed by atoms with van der Waals surface area (Å²) in [6.07, 6.45) is 2.19. The molecule has 1 aliphatic heterocycles. The molecule has 1 saturated heterocycles. The molecule has 1 fully saturated rings. The minimum Gasteiger partial charge on any atom is -0.504 e. The van der Waals surface area contributed by atoms with Crippen LogP contribution in [0.1, 0.15) is 32.3 Å². The van der Waals surface area contributed by atoms with Crippen LogP contribution < -0.4 is 20.3 Å². The molecule has 28 heavy (non-hydrogen) atoms. The van der Waals surface area contributed by atoms with Crippen molar-refractivity contribution in [3.8, 4) is 11.5 Å². The summed E-state index contributed by atoms with van der Waals surface area (Å²) in [5, 5.41) is 20.3. The van der Waals surface area contributed by atoms with E-state index < -0.39 is 0 Å². The molecule has 0 aliphatic carbocycles. The normalized spacial score (nSPS) is 15.5. The van der Waals surface area contributed by atoms with Crippen LogP contribution in [-0.4, -0.2) is 43.3 Å². The van der Waals surface area contributed by atoms with Gasteiger partial charge in [-0.3, -0.25) is 0 Å². The predicted molar refractivity (Wildman–Crippen MR) is 117 cm³/mol. The van der Waals surface area contributed by atoms with Gasteiger partial charge in [-0.1, -0.05) is 6.07 Å². The molecular weight excluding hydrogens is 372 g/mol. The Kier molecular flexibility index (Phi) is 7.42. The highest BCUT2D eigenvalue weighted by Gasteiger charge is 2.20. The Morgan fingerprint density at radius 3 is 2.79 bits per heavy atom. The van der Waals surface area contributed by atoms with Gasteiger partial charge in [0.25, 0.3) is 0 Å². The van der Waals surface area contributed by atoms with Crippen LogP contribution in [0.4, 0.5) is 5.00 Å². The molecule has 0 atom stereocenters. The van der Waals surface area contributed by atoms with E-state index in [1.807, 2.05) is 19.1 Å². The lowest BCUT2D eigenvalue weighted by molar-refractivity contribution is 0.318. The first-order valence-electron chi connectivity index (χ1n) is 9.97. The number of phenolic OH excluding ortho intramolecular Hbond substituents is 1. The largest absolute Gasteiger partial charge is 0.504 e. The molecule has 0 unspecified atom stereocenters. The van der Waals surface area contributed by atoms with Gasteiger partial charge < -0.3 is 25.4 Å². The van der Waals surface area contributed by atoms with Crippen LogP contribution in [0.15, 0.2) is 40.7 Å². The molecule has 2 aromatic rings. The van der Waals surface area contributed by atoms with Gasteiger partial charge in [-0.25, -0.2) is 4.99 Å². The maximum atomic E-state index is 9.85. The fourth-order valence-corrected chi connectivity index (χ4v) is 4.09. The van der Waals surface area contributed by atoms with Crippen LogP contribution in [0.2, 0.25) is 0 Å². The van der Waals surface area contributed by atoms with Crippen LogP contribution in [0.3, 0.4) is 0 Å². The Labute approximate surface area is 171 Å². The van der Waals surface area contributed by atoms with Crippen LogP contribution >= 0.6 is 11.3 Å². The van der Waals surface area contributed by atoms with E-state index in [1.54, 1.807) is 17.4 Å². The SMILES string of the molecule is CCNC(=NCc1ccc(O)c(OCC)c1)NC1CCN(c2cccs2)CC1. The maximum Gasteiger partial charge on any atom is 0.191 e. The third kappa shape index (κ3) is 5.55. The second-order valence-electron chi connectivity index (χ2n) is 6.79. The van der Waals surface area contributed by atoms with Crippen molar-refractivity contribution in [2.45, 2.75) is 39.3 Å². The molecule has 0 radical (unpaired) electrons. The van der Waals surface area contributed by atoms with Crippen molar-refractivity contribution in [3.05, 3.63) is 41.3 Å². The summed E-state index contributed by atoms with van der Waals surface area (Å²) in [6, 6.07) is 10.1. The minimum absolute atomic E-state index is 0.164. The van der Waals surface area contributed by atoms with Gasteiger partial charge >= 0.3 is 0 Å². The molecule has 6 nitrogen and oxygen atoms in total. The molecule has 7 heteroatoms. The number of nitrogens with one attached hydrogen (secondary N) is 2. The Hall–Kier alpha value is -2.41. The monoisotopic (exact) mass is 402 g/mol. The maximum absolute atomic E-state index is 9.85. The van der Waals surface area contributed by atoms with E-state index in [0.29, 0.717) is 24.9 Å². The summed E-state index contributed by atoms with van der Waals surface area (Å²) in [5.74, 6) is 1.51. The van der Waals surface area contributed by atoms with Gasteiger partial charge in [0.2, 0.25) is 0 Å². The second kappa shape index (κ2) is 10.2. The van der Waals surface area contributed by atoms with Gasteiger partial charge in [0, 0.05) is 25.7 Å². The number of piperidine rings is 1. The van der Waals surface area contributed by atoms with Crippen molar-refractivity contribution >= 4 is 22.3 Å². The zero-order valence-electron chi connectivity index (χ0n) is 16.6. The number of phenols is 1. The molecule has 3 N–H and O–H groups in total. The zero-order valence-corrected chi connectivity index (χ0v) is 17.5. The first-order chi connectivity index (χ1) is 13.7. The highest BCUT2D eigenvalue weighted by molar-refractivity contribution is 7.14. The topological polar surface area (TPSA) is 69.1 Å². The Morgan fingerprint density at radius 1 is 1.29 bits per heavy atom. The average Bonchev–Trinajstić information content (AvgIpc) is 3.24. The first-order valence-corrected chi connectivity index (χ1v) is 10.9. The van der Waals surface area contributed by atoms with Crippen molar-refractivity contribution in [1.82, 2.24) is 10.6 Å². The lowest BCUT2D eigenvalue weighted by atomic mass is 10.1. The van der Waals surface area contributed by atoms with E-state index >= 15 is 0 Å². The summed E-state index contributed by atoms with van der Waals surface area (Å²) >= 11 is 1.81. The molecule has 0 saturated carbocycles. The van der Waals surface area contributed by atoms with Crippen LogP contribution in [0.5, 0.6) is 11.5 Å². The second-order valence-corrected chi connectivity index (χ2v) is 7.71. The number of nitrogens with zero attached hydrogens (tertiary/aromatic N) is 2. The van der Waals surface area contributed by atoms with Crippen LogP contribution in [0, 0.1) is 0 Å². The molecule has 2 heterocycles. The van der Waals surface area contributed by atoms with Crippen molar-refractivity contribution < 1.29 is 9.84 Å². The minimum atomic E-state index is 0.164. The molecule has 1 aromatic carbocycles. The quantitative estimate of drug-likeness (QED) is 0.488. The number of anilines is 1. The fraction of sp³-hybridized carbons (Fsp3) is 0.476. The molecule has 1 aromatic heterocycles. The van der Waals surface area contributed by atoms with Gasteiger partial charge in [-0.15, -0.1) is 11.3 Å². The van der Waals surface area contributed by atoms with E-state index in [1.165, 1.54) is 5.00 Å². The Morgan fingerprint density at radius 2 is 2.11 bits per heavy atom. The lowest BCUT2D eigenvalue weighted by Crippen LogP contribution is -2.48. The molecule has 0 amide bonds. The summed E-state index contributed by atoms with van der Waals surface area (Å²) in [7, 11) is 0. The Balaban J connectivity index is 1.57. The zero-order chi connectivity index (χ0) is 19.8. The number of rotatable bonds is 7. The average molecular weight is 403 g/mol.